The maximum absolute atomic E-state index is 13.3. The average molecular weight is 466 g/mol. The number of hydrogen-bond donors (Lipinski definition) is 2. The van der Waals surface area contributed by atoms with Crippen molar-refractivity contribution < 1.29 is 9.59 Å². The van der Waals surface area contributed by atoms with E-state index >= 15 is 0 Å². The Balaban J connectivity index is 1.41. The van der Waals surface area contributed by atoms with Crippen LogP contribution in [-0.4, -0.2) is 16.4 Å². The van der Waals surface area contributed by atoms with Gasteiger partial charge in [0.25, 0.3) is 11.8 Å². The van der Waals surface area contributed by atoms with Crippen molar-refractivity contribution in [3.05, 3.63) is 118 Å². The summed E-state index contributed by atoms with van der Waals surface area (Å²) in [6, 6.07) is 23.3. The van der Waals surface area contributed by atoms with Gasteiger partial charge >= 0.3 is 0 Å². The van der Waals surface area contributed by atoms with Crippen molar-refractivity contribution in [3.8, 4) is 0 Å². The molecule has 0 aliphatic heterocycles. The topological polar surface area (TPSA) is 80.2 Å². The minimum atomic E-state index is -0.560. The van der Waals surface area contributed by atoms with Gasteiger partial charge < -0.3 is 15.2 Å². The fraction of sp³-hybridized carbons (Fsp3) is 0.207. The first-order valence-corrected chi connectivity index (χ1v) is 11.9. The third-order valence-electron chi connectivity index (χ3n) is 6.44. The van der Waals surface area contributed by atoms with E-state index in [0.717, 1.165) is 34.7 Å². The maximum Gasteiger partial charge on any atom is 0.257 e. The van der Waals surface area contributed by atoms with Crippen LogP contribution in [0.25, 0.3) is 10.8 Å². The van der Waals surface area contributed by atoms with Crippen LogP contribution in [0.15, 0.2) is 90.0 Å². The number of amides is 2. The molecule has 1 fully saturated rings. The predicted molar refractivity (Wildman–Crippen MR) is 136 cm³/mol. The Hall–Kier alpha value is -4.19. The molecule has 176 valence electrons. The molecule has 6 nitrogen and oxygen atoms in total. The highest BCUT2D eigenvalue weighted by atomic mass is 16.2. The van der Waals surface area contributed by atoms with Crippen LogP contribution in [0.1, 0.15) is 63.7 Å². The van der Waals surface area contributed by atoms with Gasteiger partial charge in [0.15, 0.2) is 0 Å². The van der Waals surface area contributed by atoms with Gasteiger partial charge in [0, 0.05) is 25.0 Å². The number of carbonyl (C=O) groups excluding carboxylic acids is 2. The van der Waals surface area contributed by atoms with Gasteiger partial charge in [0.2, 0.25) is 5.43 Å². The lowest BCUT2D eigenvalue weighted by Crippen LogP contribution is -2.36. The highest BCUT2D eigenvalue weighted by Gasteiger charge is 2.27. The zero-order valence-electron chi connectivity index (χ0n) is 19.5. The van der Waals surface area contributed by atoms with Crippen LogP contribution in [0.4, 0.5) is 0 Å². The lowest BCUT2D eigenvalue weighted by Gasteiger charge is -2.17. The number of benzene rings is 3. The normalized spacial score (nSPS) is 13.9. The van der Waals surface area contributed by atoms with Gasteiger partial charge in [-0.3, -0.25) is 14.4 Å². The molecule has 1 atom stereocenters. The molecule has 2 amide bonds. The lowest BCUT2D eigenvalue weighted by molar-refractivity contribution is 0.0938. The van der Waals surface area contributed by atoms with E-state index in [9.17, 15) is 14.4 Å². The van der Waals surface area contributed by atoms with Crippen LogP contribution < -0.4 is 16.1 Å². The smallest absolute Gasteiger partial charge is 0.257 e. The lowest BCUT2D eigenvalue weighted by atomic mass is 9.99. The van der Waals surface area contributed by atoms with Crippen LogP contribution in [0, 0.1) is 0 Å². The first-order chi connectivity index (χ1) is 17.0. The molecule has 6 heteroatoms. The van der Waals surface area contributed by atoms with Crippen LogP contribution in [0.5, 0.6) is 0 Å². The first-order valence-electron chi connectivity index (χ1n) is 11.9. The van der Waals surface area contributed by atoms with Crippen molar-refractivity contribution in [2.24, 2.45) is 0 Å². The van der Waals surface area contributed by atoms with Gasteiger partial charge in [-0.1, -0.05) is 72.8 Å². The summed E-state index contributed by atoms with van der Waals surface area (Å²) in [6.07, 6.45) is 5.08. The fourth-order valence-corrected chi connectivity index (χ4v) is 4.36. The molecule has 1 aromatic heterocycles. The van der Waals surface area contributed by atoms with E-state index in [1.807, 2.05) is 84.3 Å². The molecule has 35 heavy (non-hydrogen) atoms. The Morgan fingerprint density at radius 2 is 1.54 bits per heavy atom. The summed E-state index contributed by atoms with van der Waals surface area (Å²) in [7, 11) is 0. The second-order valence-corrected chi connectivity index (χ2v) is 9.02. The van der Waals surface area contributed by atoms with Crippen LogP contribution in [-0.2, 0) is 6.54 Å². The molecule has 5 rings (SSSR count). The minimum absolute atomic E-state index is 0.0155. The molecule has 1 saturated carbocycles. The third-order valence-corrected chi connectivity index (χ3v) is 6.44. The Morgan fingerprint density at radius 3 is 2.29 bits per heavy atom. The summed E-state index contributed by atoms with van der Waals surface area (Å²) < 4.78 is 1.83. The monoisotopic (exact) mass is 465 g/mol. The van der Waals surface area contributed by atoms with Gasteiger partial charge in [-0.25, -0.2) is 0 Å². The molecule has 1 aliphatic rings. The summed E-state index contributed by atoms with van der Waals surface area (Å²) in [6.45, 7) is 2.20. The summed E-state index contributed by atoms with van der Waals surface area (Å²) in [4.78, 5) is 39.5. The Kier molecular flexibility index (Phi) is 6.19. The van der Waals surface area contributed by atoms with Crippen molar-refractivity contribution in [2.45, 2.75) is 38.4 Å². The SMILES string of the molecule is C[C@@H](NC(=O)c1cn(C2CC2)cc(C(=O)NCc2ccccc2)c1=O)c1cccc2ccccc12. The summed E-state index contributed by atoms with van der Waals surface area (Å²) in [5.74, 6) is -0.965. The summed E-state index contributed by atoms with van der Waals surface area (Å²) in [5.41, 5.74) is 1.31. The zero-order valence-corrected chi connectivity index (χ0v) is 19.5. The van der Waals surface area contributed by atoms with E-state index in [-0.39, 0.29) is 23.2 Å². The first kappa shape index (κ1) is 22.6. The molecule has 2 N–H and O–H groups in total. The highest BCUT2D eigenvalue weighted by Crippen LogP contribution is 2.34. The number of carbonyl (C=O) groups is 2. The molecule has 0 radical (unpaired) electrons. The second kappa shape index (κ2) is 9.58. The Labute approximate surface area is 203 Å². The van der Waals surface area contributed by atoms with Crippen LogP contribution in [0.2, 0.25) is 0 Å². The Bertz CT molecular complexity index is 1450. The molecule has 1 heterocycles. The quantitative estimate of drug-likeness (QED) is 0.413. The number of hydrogen-bond acceptors (Lipinski definition) is 3. The van der Waals surface area contributed by atoms with Crippen molar-refractivity contribution in [2.75, 3.05) is 0 Å². The van der Waals surface area contributed by atoms with E-state index in [0.29, 0.717) is 6.54 Å². The van der Waals surface area contributed by atoms with Gasteiger partial charge in [0.05, 0.1) is 6.04 Å². The van der Waals surface area contributed by atoms with Crippen molar-refractivity contribution in [3.63, 3.8) is 0 Å². The van der Waals surface area contributed by atoms with E-state index in [4.69, 9.17) is 0 Å². The molecule has 3 aromatic carbocycles. The molecule has 0 unspecified atom stereocenters. The third kappa shape index (κ3) is 4.87. The van der Waals surface area contributed by atoms with Crippen LogP contribution in [0.3, 0.4) is 0 Å². The Morgan fingerprint density at radius 1 is 0.886 bits per heavy atom. The molecular weight excluding hydrogens is 438 g/mol. The van der Waals surface area contributed by atoms with E-state index < -0.39 is 17.2 Å². The number of nitrogens with zero attached hydrogens (tertiary/aromatic N) is 1. The molecule has 0 saturated heterocycles. The van der Waals surface area contributed by atoms with E-state index in [1.54, 1.807) is 12.4 Å². The summed E-state index contributed by atoms with van der Waals surface area (Å²) in [5, 5.41) is 7.91. The van der Waals surface area contributed by atoms with Gasteiger partial charge in [-0.15, -0.1) is 0 Å². The number of fused-ring (bicyclic) bond motifs is 1. The number of nitrogens with one attached hydrogen (secondary N) is 2. The van der Waals surface area contributed by atoms with Crippen molar-refractivity contribution in [1.82, 2.24) is 15.2 Å². The number of rotatable bonds is 7. The number of aromatic nitrogens is 1. The molecule has 0 spiro atoms. The van der Waals surface area contributed by atoms with E-state index in [2.05, 4.69) is 10.6 Å². The van der Waals surface area contributed by atoms with Gasteiger partial charge in [0.1, 0.15) is 11.1 Å². The summed E-state index contributed by atoms with van der Waals surface area (Å²) >= 11 is 0. The van der Waals surface area contributed by atoms with Crippen LogP contribution >= 0.6 is 0 Å². The maximum atomic E-state index is 13.3. The number of pyridine rings is 1. The average Bonchev–Trinajstić information content (AvgIpc) is 3.73. The molecule has 1 aliphatic carbocycles. The molecule has 0 bridgehead atoms. The fourth-order valence-electron chi connectivity index (χ4n) is 4.36. The predicted octanol–water partition coefficient (Wildman–Crippen LogP) is 4.76. The zero-order chi connectivity index (χ0) is 24.4. The standard InChI is InChI=1S/C29H27N3O3/c1-19(23-13-7-11-21-10-5-6-12-24(21)23)31-29(35)26-18-32(22-14-15-22)17-25(27(26)33)28(34)30-16-20-8-3-2-4-9-20/h2-13,17-19,22H,14-16H2,1H3,(H,30,34)(H,31,35)/t19-/m1/s1. The second-order valence-electron chi connectivity index (χ2n) is 9.02. The van der Waals surface area contributed by atoms with Gasteiger partial charge in [-0.05, 0) is 41.7 Å². The highest BCUT2D eigenvalue weighted by molar-refractivity contribution is 5.99. The van der Waals surface area contributed by atoms with Crippen molar-refractivity contribution in [1.29, 1.82) is 0 Å². The molecular formula is C29H27N3O3. The van der Waals surface area contributed by atoms with Gasteiger partial charge in [-0.2, -0.15) is 0 Å². The van der Waals surface area contributed by atoms with E-state index in [1.165, 1.54) is 0 Å². The molecule has 4 aromatic rings. The van der Waals surface area contributed by atoms with Crippen molar-refractivity contribution >= 4 is 22.6 Å². The largest absolute Gasteiger partial charge is 0.349 e. The minimum Gasteiger partial charge on any atom is -0.349 e.